The van der Waals surface area contributed by atoms with E-state index in [1.54, 1.807) is 0 Å². The number of aromatic nitrogens is 1. The molecule has 0 aliphatic heterocycles. The van der Waals surface area contributed by atoms with Crippen LogP contribution in [0.5, 0.6) is 0 Å². The van der Waals surface area contributed by atoms with E-state index in [9.17, 15) is 0 Å². The van der Waals surface area contributed by atoms with Crippen molar-refractivity contribution in [1.29, 1.82) is 0 Å². The van der Waals surface area contributed by atoms with Gasteiger partial charge in [0, 0.05) is 12.2 Å². The van der Waals surface area contributed by atoms with Crippen molar-refractivity contribution < 1.29 is 0 Å². The molecular weight excluding hydrogens is 196 g/mol. The smallest absolute Gasteiger partial charge is 0.126 e. The van der Waals surface area contributed by atoms with Crippen LogP contribution in [0.4, 0.5) is 5.82 Å². The molecule has 2 heteroatoms. The van der Waals surface area contributed by atoms with E-state index in [1.165, 1.54) is 38.5 Å². The molecule has 0 bridgehead atoms. The lowest BCUT2D eigenvalue weighted by Crippen LogP contribution is -2.26. The monoisotopic (exact) mass is 218 g/mol. The first-order valence-corrected chi connectivity index (χ1v) is 6.56. The van der Waals surface area contributed by atoms with Crippen molar-refractivity contribution in [3.8, 4) is 0 Å². The van der Waals surface area contributed by atoms with E-state index in [4.69, 9.17) is 0 Å². The third kappa shape index (κ3) is 3.22. The van der Waals surface area contributed by atoms with Crippen molar-refractivity contribution in [1.82, 2.24) is 4.98 Å². The van der Waals surface area contributed by atoms with Gasteiger partial charge in [0.05, 0.1) is 0 Å². The van der Waals surface area contributed by atoms with Crippen molar-refractivity contribution in [2.75, 3.05) is 5.32 Å². The summed E-state index contributed by atoms with van der Waals surface area (Å²) >= 11 is 0. The molecule has 1 aromatic heterocycles. The van der Waals surface area contributed by atoms with E-state index < -0.39 is 0 Å². The lowest BCUT2D eigenvalue weighted by Gasteiger charge is -2.29. The molecule has 0 radical (unpaired) electrons. The first kappa shape index (κ1) is 11.4. The zero-order chi connectivity index (χ0) is 11.2. The molecule has 0 amide bonds. The number of rotatable bonds is 4. The molecule has 16 heavy (non-hydrogen) atoms. The van der Waals surface area contributed by atoms with Crippen LogP contribution in [0.2, 0.25) is 0 Å². The Balaban J connectivity index is 1.77. The lowest BCUT2D eigenvalue weighted by molar-refractivity contribution is 0.318. The molecule has 0 atom stereocenters. The number of hydrogen-bond acceptors (Lipinski definition) is 2. The van der Waals surface area contributed by atoms with Crippen molar-refractivity contribution in [3.05, 3.63) is 24.4 Å². The summed E-state index contributed by atoms with van der Waals surface area (Å²) in [5.41, 5.74) is 0. The van der Waals surface area contributed by atoms with Gasteiger partial charge in [-0.3, -0.25) is 0 Å². The summed E-state index contributed by atoms with van der Waals surface area (Å²) in [6.45, 7) is 2.29. The minimum absolute atomic E-state index is 0.642. The van der Waals surface area contributed by atoms with Crippen LogP contribution in [-0.4, -0.2) is 11.0 Å². The maximum Gasteiger partial charge on any atom is 0.126 e. The van der Waals surface area contributed by atoms with Crippen molar-refractivity contribution in [2.45, 2.75) is 51.5 Å². The normalized spacial score (nSPS) is 25.3. The molecule has 1 N–H and O–H groups in total. The average Bonchev–Trinajstić information content (AvgIpc) is 2.33. The quantitative estimate of drug-likeness (QED) is 0.830. The second-order valence-electron chi connectivity index (χ2n) is 4.87. The van der Waals surface area contributed by atoms with E-state index >= 15 is 0 Å². The van der Waals surface area contributed by atoms with Gasteiger partial charge in [0.15, 0.2) is 0 Å². The average molecular weight is 218 g/mol. The Bertz CT molecular complexity index is 289. The van der Waals surface area contributed by atoms with Crippen LogP contribution >= 0.6 is 0 Å². The molecule has 2 rings (SSSR count). The van der Waals surface area contributed by atoms with Gasteiger partial charge in [0.1, 0.15) is 5.82 Å². The Labute approximate surface area is 98.5 Å². The highest BCUT2D eigenvalue weighted by Gasteiger charge is 2.20. The van der Waals surface area contributed by atoms with Gasteiger partial charge in [0.2, 0.25) is 0 Å². The highest BCUT2D eigenvalue weighted by Crippen LogP contribution is 2.28. The first-order valence-electron chi connectivity index (χ1n) is 6.56. The summed E-state index contributed by atoms with van der Waals surface area (Å²) < 4.78 is 0. The molecule has 1 fully saturated rings. The standard InChI is InChI=1S/C14H22N2/c1-2-5-12-7-9-13(10-8-12)16-14-6-3-4-11-15-14/h3-4,6,11-13H,2,5,7-10H2,1H3,(H,15,16). The van der Waals surface area contributed by atoms with Crippen molar-refractivity contribution in [2.24, 2.45) is 5.92 Å². The van der Waals surface area contributed by atoms with Crippen LogP contribution in [0.1, 0.15) is 45.4 Å². The first-order chi connectivity index (χ1) is 7.88. The van der Waals surface area contributed by atoms with Crippen LogP contribution in [0.15, 0.2) is 24.4 Å². The van der Waals surface area contributed by atoms with Crippen LogP contribution < -0.4 is 5.32 Å². The largest absolute Gasteiger partial charge is 0.367 e. The van der Waals surface area contributed by atoms with Gasteiger partial charge in [-0.25, -0.2) is 4.98 Å². The van der Waals surface area contributed by atoms with Crippen LogP contribution in [0, 0.1) is 5.92 Å². The molecule has 2 nitrogen and oxygen atoms in total. The Kier molecular flexibility index (Phi) is 4.20. The van der Waals surface area contributed by atoms with E-state index in [-0.39, 0.29) is 0 Å². The summed E-state index contributed by atoms with van der Waals surface area (Å²) in [5, 5.41) is 3.53. The fourth-order valence-electron chi connectivity index (χ4n) is 2.66. The van der Waals surface area contributed by atoms with Gasteiger partial charge in [-0.15, -0.1) is 0 Å². The summed E-state index contributed by atoms with van der Waals surface area (Å²) in [6, 6.07) is 6.70. The number of nitrogens with zero attached hydrogens (tertiary/aromatic N) is 1. The highest BCUT2D eigenvalue weighted by molar-refractivity contribution is 5.34. The van der Waals surface area contributed by atoms with Crippen LogP contribution in [0.3, 0.4) is 0 Å². The summed E-state index contributed by atoms with van der Waals surface area (Å²) in [4.78, 5) is 4.32. The van der Waals surface area contributed by atoms with Gasteiger partial charge < -0.3 is 5.32 Å². The van der Waals surface area contributed by atoms with Gasteiger partial charge in [-0.1, -0.05) is 25.8 Å². The second-order valence-corrected chi connectivity index (χ2v) is 4.87. The summed E-state index contributed by atoms with van der Waals surface area (Å²) in [5.74, 6) is 2.01. The molecule has 1 saturated carbocycles. The Morgan fingerprint density at radius 1 is 1.25 bits per heavy atom. The van der Waals surface area contributed by atoms with E-state index in [1.807, 2.05) is 18.3 Å². The highest BCUT2D eigenvalue weighted by atomic mass is 15.0. The molecule has 0 aromatic carbocycles. The number of pyridine rings is 1. The minimum Gasteiger partial charge on any atom is -0.367 e. The minimum atomic E-state index is 0.642. The maximum atomic E-state index is 4.32. The van der Waals surface area contributed by atoms with Crippen LogP contribution in [0.25, 0.3) is 0 Å². The molecule has 1 aromatic rings. The molecule has 0 spiro atoms. The molecular formula is C14H22N2. The lowest BCUT2D eigenvalue weighted by atomic mass is 9.83. The predicted octanol–water partition coefficient (Wildman–Crippen LogP) is 3.85. The van der Waals surface area contributed by atoms with E-state index in [2.05, 4.69) is 23.3 Å². The second kappa shape index (κ2) is 5.88. The van der Waals surface area contributed by atoms with Gasteiger partial charge >= 0.3 is 0 Å². The van der Waals surface area contributed by atoms with E-state index in [0.717, 1.165) is 11.7 Å². The summed E-state index contributed by atoms with van der Waals surface area (Å²) in [6.07, 6.45) is 9.99. The maximum absolute atomic E-state index is 4.32. The molecule has 0 saturated heterocycles. The topological polar surface area (TPSA) is 24.9 Å². The third-order valence-corrected chi connectivity index (χ3v) is 3.56. The van der Waals surface area contributed by atoms with Crippen molar-refractivity contribution in [3.63, 3.8) is 0 Å². The third-order valence-electron chi connectivity index (χ3n) is 3.56. The molecule has 88 valence electrons. The Morgan fingerprint density at radius 3 is 2.69 bits per heavy atom. The zero-order valence-electron chi connectivity index (χ0n) is 10.2. The predicted molar refractivity (Wildman–Crippen MR) is 68.5 cm³/mol. The molecule has 1 aliphatic carbocycles. The Morgan fingerprint density at radius 2 is 2.06 bits per heavy atom. The fraction of sp³-hybridized carbons (Fsp3) is 0.643. The molecule has 1 heterocycles. The zero-order valence-corrected chi connectivity index (χ0v) is 10.2. The van der Waals surface area contributed by atoms with Gasteiger partial charge in [0.25, 0.3) is 0 Å². The van der Waals surface area contributed by atoms with Crippen molar-refractivity contribution >= 4 is 5.82 Å². The molecule has 1 aliphatic rings. The van der Waals surface area contributed by atoms with Gasteiger partial charge in [-0.2, -0.15) is 0 Å². The van der Waals surface area contributed by atoms with Gasteiger partial charge in [-0.05, 0) is 43.7 Å². The van der Waals surface area contributed by atoms with Crippen LogP contribution in [-0.2, 0) is 0 Å². The molecule has 0 unspecified atom stereocenters. The number of hydrogen-bond donors (Lipinski definition) is 1. The number of nitrogens with one attached hydrogen (secondary N) is 1. The number of anilines is 1. The fourth-order valence-corrected chi connectivity index (χ4v) is 2.66. The van der Waals surface area contributed by atoms with E-state index in [0.29, 0.717) is 6.04 Å². The SMILES string of the molecule is CCCC1CCC(Nc2ccccn2)CC1. The summed E-state index contributed by atoms with van der Waals surface area (Å²) in [7, 11) is 0. The Hall–Kier alpha value is -1.05.